The van der Waals surface area contributed by atoms with Crippen molar-refractivity contribution >= 4 is 39.7 Å². The van der Waals surface area contributed by atoms with Gasteiger partial charge in [0.05, 0.1) is 11.0 Å². The summed E-state index contributed by atoms with van der Waals surface area (Å²) in [7, 11) is 0. The summed E-state index contributed by atoms with van der Waals surface area (Å²) in [6, 6.07) is 24.1. The molecule has 4 aromatic rings. The van der Waals surface area contributed by atoms with Gasteiger partial charge in [-0.2, -0.15) is 0 Å². The minimum Gasteiger partial charge on any atom is -0.338 e. The van der Waals surface area contributed by atoms with Crippen LogP contribution in [0.3, 0.4) is 0 Å². The van der Waals surface area contributed by atoms with Crippen molar-refractivity contribution in [2.24, 2.45) is 0 Å². The molecule has 128 valence electrons. The fraction of sp³-hybridized carbons (Fsp3) is 0.0476. The van der Waals surface area contributed by atoms with Crippen molar-refractivity contribution in [2.75, 3.05) is 10.6 Å². The van der Waals surface area contributed by atoms with Gasteiger partial charge in [-0.3, -0.25) is 0 Å². The van der Waals surface area contributed by atoms with Gasteiger partial charge in [-0.05, 0) is 67.2 Å². The van der Waals surface area contributed by atoms with Crippen LogP contribution in [-0.4, -0.2) is 15.1 Å². The summed E-state index contributed by atoms with van der Waals surface area (Å²) < 4.78 is 0. The largest absolute Gasteiger partial charge is 0.338 e. The lowest BCUT2D eigenvalue weighted by atomic mass is 10.2. The van der Waals surface area contributed by atoms with Gasteiger partial charge in [-0.25, -0.2) is 4.98 Å². The zero-order valence-electron chi connectivity index (χ0n) is 14.3. The van der Waals surface area contributed by atoms with Crippen LogP contribution in [-0.2, 0) is 0 Å². The maximum absolute atomic E-state index is 5.41. The number of hydrogen-bond donors (Lipinski definition) is 3. The molecule has 0 aliphatic rings. The number of nitrogens with zero attached hydrogens (tertiary/aromatic N) is 1. The lowest BCUT2D eigenvalue weighted by Crippen LogP contribution is -2.19. The Morgan fingerprint density at radius 2 is 1.62 bits per heavy atom. The number of hydrogen-bond acceptors (Lipinski definition) is 2. The minimum atomic E-state index is 0.566. The van der Waals surface area contributed by atoms with E-state index in [9.17, 15) is 0 Å². The maximum Gasteiger partial charge on any atom is 0.175 e. The average molecular weight is 358 g/mol. The summed E-state index contributed by atoms with van der Waals surface area (Å²) in [6.45, 7) is 2.05. The van der Waals surface area contributed by atoms with Crippen molar-refractivity contribution in [3.63, 3.8) is 0 Å². The minimum absolute atomic E-state index is 0.566. The van der Waals surface area contributed by atoms with Crippen molar-refractivity contribution in [1.82, 2.24) is 9.97 Å². The molecule has 26 heavy (non-hydrogen) atoms. The Labute approximate surface area is 157 Å². The van der Waals surface area contributed by atoms with Crippen molar-refractivity contribution in [3.8, 4) is 11.4 Å². The normalized spacial score (nSPS) is 10.7. The monoisotopic (exact) mass is 358 g/mol. The summed E-state index contributed by atoms with van der Waals surface area (Å²) in [5.74, 6) is 0.860. The van der Waals surface area contributed by atoms with Crippen LogP contribution in [0.5, 0.6) is 0 Å². The Balaban J connectivity index is 1.47. The third-order valence-corrected chi connectivity index (χ3v) is 4.40. The van der Waals surface area contributed by atoms with E-state index in [1.54, 1.807) is 0 Å². The molecule has 1 aromatic heterocycles. The second-order valence-corrected chi connectivity index (χ2v) is 6.48. The summed E-state index contributed by atoms with van der Waals surface area (Å²) in [4.78, 5) is 7.97. The highest BCUT2D eigenvalue weighted by Crippen LogP contribution is 2.22. The lowest BCUT2D eigenvalue weighted by Gasteiger charge is -2.12. The highest BCUT2D eigenvalue weighted by molar-refractivity contribution is 7.80. The molecule has 0 unspecified atom stereocenters. The van der Waals surface area contributed by atoms with Crippen LogP contribution >= 0.6 is 12.2 Å². The summed E-state index contributed by atoms with van der Waals surface area (Å²) >= 11 is 5.41. The number of aryl methyl sites for hydroxylation is 1. The SMILES string of the molecule is Cc1ccccc1NC(=S)Nc1ccc(-c2nc3ccccc3[nH]2)cc1. The number of H-pyrrole nitrogens is 1. The molecule has 1 heterocycles. The molecule has 0 atom stereocenters. The number of benzene rings is 3. The van der Waals surface area contributed by atoms with E-state index in [4.69, 9.17) is 12.2 Å². The maximum atomic E-state index is 5.41. The predicted octanol–water partition coefficient (Wildman–Crippen LogP) is 5.35. The third kappa shape index (κ3) is 3.43. The number of para-hydroxylation sites is 3. The van der Waals surface area contributed by atoms with E-state index in [1.807, 2.05) is 79.7 Å². The first kappa shape index (κ1) is 16.3. The van der Waals surface area contributed by atoms with Crippen molar-refractivity contribution in [3.05, 3.63) is 78.4 Å². The van der Waals surface area contributed by atoms with Gasteiger partial charge in [0.15, 0.2) is 5.11 Å². The molecule has 0 saturated heterocycles. The first-order valence-electron chi connectivity index (χ1n) is 8.38. The second kappa shape index (κ2) is 6.98. The summed E-state index contributed by atoms with van der Waals surface area (Å²) in [5, 5.41) is 7.00. The topological polar surface area (TPSA) is 52.7 Å². The predicted molar refractivity (Wildman–Crippen MR) is 113 cm³/mol. The van der Waals surface area contributed by atoms with E-state index in [-0.39, 0.29) is 0 Å². The zero-order valence-corrected chi connectivity index (χ0v) is 15.1. The van der Waals surface area contributed by atoms with Crippen LogP contribution in [0.25, 0.3) is 22.4 Å². The van der Waals surface area contributed by atoms with E-state index in [1.165, 1.54) is 0 Å². The van der Waals surface area contributed by atoms with Gasteiger partial charge in [-0.1, -0.05) is 30.3 Å². The Morgan fingerprint density at radius 1 is 0.885 bits per heavy atom. The van der Waals surface area contributed by atoms with Gasteiger partial charge in [0.25, 0.3) is 0 Å². The quantitative estimate of drug-likeness (QED) is 0.432. The van der Waals surface area contributed by atoms with Crippen LogP contribution in [0, 0.1) is 6.92 Å². The number of fused-ring (bicyclic) bond motifs is 1. The lowest BCUT2D eigenvalue weighted by molar-refractivity contribution is 1.34. The number of anilines is 2. The molecule has 0 spiro atoms. The third-order valence-electron chi connectivity index (χ3n) is 4.20. The van der Waals surface area contributed by atoms with E-state index in [0.29, 0.717) is 5.11 Å². The van der Waals surface area contributed by atoms with Crippen LogP contribution in [0.4, 0.5) is 11.4 Å². The Hall–Kier alpha value is -3.18. The highest BCUT2D eigenvalue weighted by Gasteiger charge is 2.06. The highest BCUT2D eigenvalue weighted by atomic mass is 32.1. The molecular formula is C21H18N4S. The zero-order chi connectivity index (χ0) is 17.9. The van der Waals surface area contributed by atoms with Crippen LogP contribution < -0.4 is 10.6 Å². The van der Waals surface area contributed by atoms with Crippen molar-refractivity contribution in [1.29, 1.82) is 0 Å². The number of imidazole rings is 1. The van der Waals surface area contributed by atoms with E-state index in [0.717, 1.165) is 39.4 Å². The Morgan fingerprint density at radius 3 is 2.38 bits per heavy atom. The molecule has 0 saturated carbocycles. The fourth-order valence-corrected chi connectivity index (χ4v) is 3.03. The molecule has 0 radical (unpaired) electrons. The number of nitrogens with one attached hydrogen (secondary N) is 3. The van der Waals surface area contributed by atoms with Gasteiger partial charge in [0, 0.05) is 16.9 Å². The molecule has 0 aliphatic carbocycles. The van der Waals surface area contributed by atoms with Gasteiger partial charge >= 0.3 is 0 Å². The first-order chi connectivity index (χ1) is 12.7. The van der Waals surface area contributed by atoms with E-state index in [2.05, 4.69) is 20.6 Å². The molecule has 3 aromatic carbocycles. The number of aromatic amines is 1. The summed E-state index contributed by atoms with van der Waals surface area (Å²) in [6.07, 6.45) is 0. The van der Waals surface area contributed by atoms with Gasteiger partial charge < -0.3 is 15.6 Å². The van der Waals surface area contributed by atoms with Gasteiger partial charge in [0.1, 0.15) is 5.82 Å². The number of rotatable bonds is 3. The molecule has 0 fully saturated rings. The molecule has 0 bridgehead atoms. The van der Waals surface area contributed by atoms with E-state index < -0.39 is 0 Å². The van der Waals surface area contributed by atoms with Crippen molar-refractivity contribution in [2.45, 2.75) is 6.92 Å². The van der Waals surface area contributed by atoms with Gasteiger partial charge in [-0.15, -0.1) is 0 Å². The fourth-order valence-electron chi connectivity index (χ4n) is 2.80. The van der Waals surface area contributed by atoms with Crippen LogP contribution in [0.1, 0.15) is 5.56 Å². The molecule has 4 nitrogen and oxygen atoms in total. The van der Waals surface area contributed by atoms with Crippen molar-refractivity contribution < 1.29 is 0 Å². The van der Waals surface area contributed by atoms with E-state index >= 15 is 0 Å². The standard InChI is InChI=1S/C21H18N4S/c1-14-6-2-3-7-17(14)25-21(26)22-16-12-10-15(11-13-16)20-23-18-8-4-5-9-19(18)24-20/h2-13H,1H3,(H,23,24)(H2,22,25,26). The molecular weight excluding hydrogens is 340 g/mol. The Bertz CT molecular complexity index is 1030. The molecule has 0 amide bonds. The molecule has 4 rings (SSSR count). The second-order valence-electron chi connectivity index (χ2n) is 6.07. The Kier molecular flexibility index (Phi) is 4.37. The molecule has 3 N–H and O–H groups in total. The number of thiocarbonyl (C=S) groups is 1. The molecule has 5 heteroatoms. The summed E-state index contributed by atoms with van der Waals surface area (Å²) in [5.41, 5.74) is 6.11. The van der Waals surface area contributed by atoms with Crippen LogP contribution in [0.15, 0.2) is 72.8 Å². The van der Waals surface area contributed by atoms with Gasteiger partial charge in [0.2, 0.25) is 0 Å². The first-order valence-corrected chi connectivity index (χ1v) is 8.79. The van der Waals surface area contributed by atoms with Crippen LogP contribution in [0.2, 0.25) is 0 Å². The molecule has 0 aliphatic heterocycles. The number of aromatic nitrogens is 2. The smallest absolute Gasteiger partial charge is 0.175 e. The average Bonchev–Trinajstić information content (AvgIpc) is 3.08.